The Morgan fingerprint density at radius 2 is 2.00 bits per heavy atom. The summed E-state index contributed by atoms with van der Waals surface area (Å²) in [5.41, 5.74) is 3.14. The molecule has 2 aromatic rings. The van der Waals surface area contributed by atoms with Crippen molar-refractivity contribution in [1.82, 2.24) is 4.90 Å². The first-order chi connectivity index (χ1) is 10.6. The Labute approximate surface area is 135 Å². The van der Waals surface area contributed by atoms with Crippen LogP contribution in [0.3, 0.4) is 0 Å². The van der Waals surface area contributed by atoms with Crippen molar-refractivity contribution in [2.45, 2.75) is 16.8 Å². The van der Waals surface area contributed by atoms with Crippen LogP contribution < -0.4 is 4.74 Å². The van der Waals surface area contributed by atoms with Crippen LogP contribution in [-0.4, -0.2) is 37.3 Å². The van der Waals surface area contributed by atoms with Crippen LogP contribution in [0, 0.1) is 0 Å². The molecule has 22 heavy (non-hydrogen) atoms. The lowest BCUT2D eigenvalue weighted by Gasteiger charge is -2.16. The summed E-state index contributed by atoms with van der Waals surface area (Å²) in [7, 11) is 4.05. The lowest BCUT2D eigenvalue weighted by atomic mass is 9.97. The summed E-state index contributed by atoms with van der Waals surface area (Å²) in [6.45, 7) is 1.52. The molecule has 0 amide bonds. The summed E-state index contributed by atoms with van der Waals surface area (Å²) >= 11 is 1.77. The topological polar surface area (TPSA) is 32.7 Å². The van der Waals surface area contributed by atoms with Crippen LogP contribution in [0.5, 0.6) is 5.75 Å². The molecular weight excluding hydrogens is 294 g/mol. The maximum absolute atomic E-state index is 10.8. The van der Waals surface area contributed by atoms with Gasteiger partial charge < -0.3 is 14.7 Å². The van der Waals surface area contributed by atoms with Gasteiger partial charge in [-0.2, -0.15) is 0 Å². The number of hydrogen-bond donors (Lipinski definition) is 1. The minimum atomic E-state index is -0.585. The maximum Gasteiger partial charge on any atom is 0.119 e. The molecule has 0 fully saturated rings. The first-order valence-electron chi connectivity index (χ1n) is 7.45. The number of nitrogens with zero attached hydrogens (tertiary/aromatic N) is 1. The molecule has 3 nitrogen and oxygen atoms in total. The van der Waals surface area contributed by atoms with Crippen LogP contribution in [-0.2, 0) is 5.75 Å². The van der Waals surface area contributed by atoms with Crippen molar-refractivity contribution in [3.8, 4) is 5.75 Å². The zero-order valence-electron chi connectivity index (χ0n) is 13.0. The van der Waals surface area contributed by atoms with Gasteiger partial charge in [-0.05, 0) is 43.4 Å². The Morgan fingerprint density at radius 1 is 1.18 bits per heavy atom. The van der Waals surface area contributed by atoms with Crippen LogP contribution in [0.2, 0.25) is 0 Å². The summed E-state index contributed by atoms with van der Waals surface area (Å²) in [4.78, 5) is 3.22. The number of benzene rings is 2. The second kappa shape index (κ2) is 6.73. The maximum atomic E-state index is 10.8. The van der Waals surface area contributed by atoms with Gasteiger partial charge in [0, 0.05) is 22.8 Å². The number of likely N-dealkylation sites (N-methyl/N-ethyl adjacent to an activating group) is 1. The SMILES string of the molecule is CN(C)CCOc1ccc2c(c1)C(O)c1ccccc1CS2. The number of ether oxygens (including phenoxy) is 1. The average molecular weight is 315 g/mol. The average Bonchev–Trinajstić information content (AvgIpc) is 2.65. The van der Waals surface area contributed by atoms with Gasteiger partial charge in [-0.25, -0.2) is 0 Å². The molecular formula is C18H21NO2S. The van der Waals surface area contributed by atoms with E-state index in [1.807, 2.05) is 44.4 Å². The van der Waals surface area contributed by atoms with Gasteiger partial charge in [-0.3, -0.25) is 0 Å². The van der Waals surface area contributed by atoms with Gasteiger partial charge in [0.1, 0.15) is 18.5 Å². The molecule has 1 unspecified atom stereocenters. The molecule has 1 heterocycles. The molecule has 1 N–H and O–H groups in total. The molecule has 1 atom stereocenters. The molecule has 3 rings (SSSR count). The number of rotatable bonds is 4. The highest BCUT2D eigenvalue weighted by molar-refractivity contribution is 7.98. The number of aliphatic hydroxyl groups is 1. The smallest absolute Gasteiger partial charge is 0.119 e. The van der Waals surface area contributed by atoms with Gasteiger partial charge in [0.15, 0.2) is 0 Å². The van der Waals surface area contributed by atoms with E-state index in [1.54, 1.807) is 11.8 Å². The summed E-state index contributed by atoms with van der Waals surface area (Å²) < 4.78 is 5.80. The molecule has 2 aromatic carbocycles. The molecule has 0 radical (unpaired) electrons. The molecule has 0 aliphatic carbocycles. The summed E-state index contributed by atoms with van der Waals surface area (Å²) in [5.74, 6) is 1.71. The highest BCUT2D eigenvalue weighted by atomic mass is 32.2. The number of thioether (sulfide) groups is 1. The molecule has 1 aliphatic heterocycles. The van der Waals surface area contributed by atoms with Crippen LogP contribution in [0.4, 0.5) is 0 Å². The summed E-state index contributed by atoms with van der Waals surface area (Å²) in [6.07, 6.45) is -0.585. The third kappa shape index (κ3) is 3.29. The minimum Gasteiger partial charge on any atom is -0.492 e. The lowest BCUT2D eigenvalue weighted by Crippen LogP contribution is -2.19. The van der Waals surface area contributed by atoms with E-state index < -0.39 is 6.10 Å². The fraction of sp³-hybridized carbons (Fsp3) is 0.333. The van der Waals surface area contributed by atoms with Gasteiger partial charge in [-0.1, -0.05) is 24.3 Å². The second-order valence-corrected chi connectivity index (χ2v) is 6.76. The van der Waals surface area contributed by atoms with Gasteiger partial charge in [0.05, 0.1) is 0 Å². The largest absolute Gasteiger partial charge is 0.492 e. The van der Waals surface area contributed by atoms with E-state index in [4.69, 9.17) is 4.74 Å². The molecule has 0 aromatic heterocycles. The first-order valence-corrected chi connectivity index (χ1v) is 8.44. The molecule has 0 bridgehead atoms. The van der Waals surface area contributed by atoms with E-state index in [2.05, 4.69) is 17.0 Å². The van der Waals surface area contributed by atoms with Crippen molar-refractivity contribution >= 4 is 11.8 Å². The minimum absolute atomic E-state index is 0.585. The van der Waals surface area contributed by atoms with Crippen LogP contribution >= 0.6 is 11.8 Å². The van der Waals surface area contributed by atoms with E-state index in [0.29, 0.717) is 6.61 Å². The third-order valence-corrected chi connectivity index (χ3v) is 4.95. The van der Waals surface area contributed by atoms with Crippen LogP contribution in [0.15, 0.2) is 47.4 Å². The second-order valence-electron chi connectivity index (χ2n) is 5.74. The molecule has 116 valence electrons. The quantitative estimate of drug-likeness (QED) is 0.938. The van der Waals surface area contributed by atoms with Gasteiger partial charge in [-0.15, -0.1) is 11.8 Å². The van der Waals surface area contributed by atoms with Gasteiger partial charge >= 0.3 is 0 Å². The van der Waals surface area contributed by atoms with Crippen LogP contribution in [0.25, 0.3) is 0 Å². The predicted octanol–water partition coefficient (Wildman–Crippen LogP) is 3.31. The van der Waals surface area contributed by atoms with E-state index in [0.717, 1.165) is 34.1 Å². The highest BCUT2D eigenvalue weighted by Gasteiger charge is 2.22. The first kappa shape index (κ1) is 15.4. The van der Waals surface area contributed by atoms with E-state index in [1.165, 1.54) is 5.56 Å². The van der Waals surface area contributed by atoms with Crippen LogP contribution in [0.1, 0.15) is 22.8 Å². The zero-order chi connectivity index (χ0) is 15.5. The Hall–Kier alpha value is -1.49. The Balaban J connectivity index is 1.86. The van der Waals surface area contributed by atoms with Crippen molar-refractivity contribution in [2.75, 3.05) is 27.2 Å². The molecule has 1 aliphatic rings. The summed E-state index contributed by atoms with van der Waals surface area (Å²) in [6, 6.07) is 14.1. The molecule has 4 heteroatoms. The number of fused-ring (bicyclic) bond motifs is 2. The Morgan fingerprint density at radius 3 is 2.82 bits per heavy atom. The standard InChI is InChI=1S/C18H21NO2S/c1-19(2)9-10-21-14-7-8-17-16(11-14)18(20)15-6-4-3-5-13(15)12-22-17/h3-8,11,18,20H,9-10,12H2,1-2H3. The Bertz CT molecular complexity index is 657. The van der Waals surface area contributed by atoms with Crippen molar-refractivity contribution < 1.29 is 9.84 Å². The number of hydrogen-bond acceptors (Lipinski definition) is 4. The summed E-state index contributed by atoms with van der Waals surface area (Å²) in [5, 5.41) is 10.8. The van der Waals surface area contributed by atoms with Crippen molar-refractivity contribution in [3.63, 3.8) is 0 Å². The number of aliphatic hydroxyl groups excluding tert-OH is 1. The van der Waals surface area contributed by atoms with Crippen molar-refractivity contribution in [3.05, 3.63) is 59.2 Å². The molecule has 0 spiro atoms. The highest BCUT2D eigenvalue weighted by Crippen LogP contribution is 2.40. The lowest BCUT2D eigenvalue weighted by molar-refractivity contribution is 0.215. The van der Waals surface area contributed by atoms with Crippen molar-refractivity contribution in [2.24, 2.45) is 0 Å². The predicted molar refractivity (Wildman–Crippen MR) is 90.6 cm³/mol. The van der Waals surface area contributed by atoms with E-state index in [9.17, 15) is 5.11 Å². The van der Waals surface area contributed by atoms with Crippen molar-refractivity contribution in [1.29, 1.82) is 0 Å². The molecule has 0 saturated heterocycles. The van der Waals surface area contributed by atoms with E-state index >= 15 is 0 Å². The zero-order valence-corrected chi connectivity index (χ0v) is 13.8. The molecule has 0 saturated carbocycles. The monoisotopic (exact) mass is 315 g/mol. The van der Waals surface area contributed by atoms with E-state index in [-0.39, 0.29) is 0 Å². The van der Waals surface area contributed by atoms with Gasteiger partial charge in [0.2, 0.25) is 0 Å². The fourth-order valence-electron chi connectivity index (χ4n) is 2.56. The Kier molecular flexibility index (Phi) is 4.71. The normalized spacial score (nSPS) is 16.8. The third-order valence-electron chi connectivity index (χ3n) is 3.82. The fourth-order valence-corrected chi connectivity index (χ4v) is 3.64. The van der Waals surface area contributed by atoms with Gasteiger partial charge in [0.25, 0.3) is 0 Å².